The van der Waals surface area contributed by atoms with Crippen molar-refractivity contribution in [3.05, 3.63) is 24.2 Å². The molecule has 1 heterocycles. The van der Waals surface area contributed by atoms with Gasteiger partial charge in [0.05, 0.1) is 12.8 Å². The Morgan fingerprint density at radius 2 is 2.18 bits per heavy atom. The third-order valence-electron chi connectivity index (χ3n) is 1.13. The molecule has 0 unspecified atom stereocenters. The Morgan fingerprint density at radius 1 is 1.45 bits per heavy atom. The molecule has 1 rings (SSSR count). The lowest BCUT2D eigenvalue weighted by atomic mass is 10.4. The number of furan rings is 1. The van der Waals surface area contributed by atoms with Gasteiger partial charge in [-0.05, 0) is 18.7 Å². The van der Waals surface area contributed by atoms with E-state index in [2.05, 4.69) is 12.2 Å². The molecule has 0 amide bonds. The summed E-state index contributed by atoms with van der Waals surface area (Å²) in [5.41, 5.74) is 0. The van der Waals surface area contributed by atoms with Gasteiger partial charge < -0.3 is 9.73 Å². The second-order valence-electron chi connectivity index (χ2n) is 1.86. The van der Waals surface area contributed by atoms with E-state index in [1.54, 1.807) is 6.26 Å². The summed E-state index contributed by atoms with van der Waals surface area (Å²) in [6.45, 7) is 7.90. The van der Waals surface area contributed by atoms with Gasteiger partial charge in [0.25, 0.3) is 0 Å². The van der Waals surface area contributed by atoms with E-state index in [4.69, 9.17) is 4.42 Å². The highest BCUT2D eigenvalue weighted by molar-refractivity contribution is 4.97. The maximum Gasteiger partial charge on any atom is 0.117 e. The van der Waals surface area contributed by atoms with Crippen molar-refractivity contribution in [3.8, 4) is 0 Å². The molecule has 0 radical (unpaired) electrons. The van der Waals surface area contributed by atoms with Crippen LogP contribution >= 0.6 is 0 Å². The van der Waals surface area contributed by atoms with Crippen LogP contribution < -0.4 is 5.32 Å². The van der Waals surface area contributed by atoms with Crippen molar-refractivity contribution in [1.82, 2.24) is 5.32 Å². The number of hydrogen-bond donors (Lipinski definition) is 1. The molecule has 0 fully saturated rings. The Kier molecular flexibility index (Phi) is 6.84. The first-order valence-corrected chi connectivity index (χ1v) is 4.16. The highest BCUT2D eigenvalue weighted by Gasteiger charge is 1.89. The third-order valence-corrected chi connectivity index (χ3v) is 1.13. The summed E-state index contributed by atoms with van der Waals surface area (Å²) in [5, 5.41) is 3.16. The fraction of sp³-hybridized carbons (Fsp3) is 0.556. The molecule has 2 nitrogen and oxygen atoms in total. The maximum absolute atomic E-state index is 5.07. The van der Waals surface area contributed by atoms with Crippen molar-refractivity contribution >= 4 is 0 Å². The van der Waals surface area contributed by atoms with Crippen molar-refractivity contribution in [1.29, 1.82) is 0 Å². The average Bonchev–Trinajstić information content (AvgIpc) is 2.57. The van der Waals surface area contributed by atoms with Crippen LogP contribution in [0.5, 0.6) is 0 Å². The predicted octanol–water partition coefficient (Wildman–Crippen LogP) is 2.42. The van der Waals surface area contributed by atoms with Gasteiger partial charge in [-0.25, -0.2) is 0 Å². The smallest absolute Gasteiger partial charge is 0.117 e. The number of hydrogen-bond acceptors (Lipinski definition) is 2. The van der Waals surface area contributed by atoms with Gasteiger partial charge in [-0.2, -0.15) is 0 Å². The lowest BCUT2D eigenvalue weighted by Crippen LogP contribution is -2.10. The highest BCUT2D eigenvalue weighted by atomic mass is 16.3. The SMILES string of the molecule is CC.CCNCc1ccco1. The molecule has 0 aromatic carbocycles. The Balaban J connectivity index is 0.000000461. The van der Waals surface area contributed by atoms with E-state index in [1.165, 1.54) is 0 Å². The highest BCUT2D eigenvalue weighted by Crippen LogP contribution is 1.97. The third kappa shape index (κ3) is 4.62. The van der Waals surface area contributed by atoms with E-state index in [1.807, 2.05) is 26.0 Å². The first-order valence-electron chi connectivity index (χ1n) is 4.16. The second-order valence-corrected chi connectivity index (χ2v) is 1.86. The molecule has 2 heteroatoms. The first kappa shape index (κ1) is 10.2. The summed E-state index contributed by atoms with van der Waals surface area (Å²) in [4.78, 5) is 0. The Morgan fingerprint density at radius 3 is 2.64 bits per heavy atom. The van der Waals surface area contributed by atoms with Crippen LogP contribution in [0, 0.1) is 0 Å². The Hall–Kier alpha value is -0.760. The van der Waals surface area contributed by atoms with Crippen molar-refractivity contribution in [2.45, 2.75) is 27.3 Å². The molecular weight excluding hydrogens is 138 g/mol. The van der Waals surface area contributed by atoms with E-state index in [0.29, 0.717) is 0 Å². The molecule has 0 aliphatic rings. The van der Waals surface area contributed by atoms with Crippen molar-refractivity contribution in [2.24, 2.45) is 0 Å². The zero-order chi connectivity index (χ0) is 8.53. The molecule has 64 valence electrons. The summed E-state index contributed by atoms with van der Waals surface area (Å²) < 4.78 is 5.07. The second kappa shape index (κ2) is 7.35. The average molecular weight is 155 g/mol. The van der Waals surface area contributed by atoms with Gasteiger partial charge >= 0.3 is 0 Å². The van der Waals surface area contributed by atoms with Gasteiger partial charge in [0.2, 0.25) is 0 Å². The van der Waals surface area contributed by atoms with Gasteiger partial charge in [0.1, 0.15) is 5.76 Å². The van der Waals surface area contributed by atoms with Crippen LogP contribution in [0.4, 0.5) is 0 Å². The normalized spacial score (nSPS) is 8.64. The van der Waals surface area contributed by atoms with E-state index in [9.17, 15) is 0 Å². The molecule has 1 aromatic rings. The zero-order valence-electron chi connectivity index (χ0n) is 7.55. The fourth-order valence-corrected chi connectivity index (χ4v) is 0.661. The minimum Gasteiger partial charge on any atom is -0.468 e. The molecule has 11 heavy (non-hydrogen) atoms. The van der Waals surface area contributed by atoms with Crippen LogP contribution in [0.15, 0.2) is 22.8 Å². The van der Waals surface area contributed by atoms with E-state index < -0.39 is 0 Å². The Labute approximate surface area is 68.6 Å². The first-order chi connectivity index (χ1) is 5.43. The molecule has 1 N–H and O–H groups in total. The lowest BCUT2D eigenvalue weighted by molar-refractivity contribution is 0.487. The fourth-order valence-electron chi connectivity index (χ4n) is 0.661. The van der Waals surface area contributed by atoms with E-state index in [0.717, 1.165) is 18.8 Å². The van der Waals surface area contributed by atoms with Crippen LogP contribution in [0.25, 0.3) is 0 Å². The summed E-state index contributed by atoms with van der Waals surface area (Å²) in [6, 6.07) is 3.86. The molecule has 0 atom stereocenters. The molecule has 0 saturated carbocycles. The molecule has 0 spiro atoms. The van der Waals surface area contributed by atoms with Gasteiger partial charge in [-0.3, -0.25) is 0 Å². The van der Waals surface area contributed by atoms with Crippen LogP contribution in [-0.4, -0.2) is 6.54 Å². The van der Waals surface area contributed by atoms with Crippen molar-refractivity contribution in [2.75, 3.05) is 6.54 Å². The summed E-state index contributed by atoms with van der Waals surface area (Å²) in [7, 11) is 0. The molecule has 0 saturated heterocycles. The largest absolute Gasteiger partial charge is 0.468 e. The standard InChI is InChI=1S/C7H11NO.C2H6/c1-2-8-6-7-4-3-5-9-7;1-2/h3-5,8H,2,6H2,1H3;1-2H3. The van der Waals surface area contributed by atoms with Gasteiger partial charge in [0.15, 0.2) is 0 Å². The van der Waals surface area contributed by atoms with Crippen LogP contribution in [-0.2, 0) is 6.54 Å². The monoisotopic (exact) mass is 155 g/mol. The molecule has 0 bridgehead atoms. The molecule has 0 aliphatic heterocycles. The minimum atomic E-state index is 0.837. The topological polar surface area (TPSA) is 25.2 Å². The lowest BCUT2D eigenvalue weighted by Gasteiger charge is -1.94. The van der Waals surface area contributed by atoms with Crippen LogP contribution in [0.1, 0.15) is 26.5 Å². The predicted molar refractivity (Wildman–Crippen MR) is 47.4 cm³/mol. The van der Waals surface area contributed by atoms with E-state index in [-0.39, 0.29) is 0 Å². The van der Waals surface area contributed by atoms with Crippen molar-refractivity contribution in [3.63, 3.8) is 0 Å². The summed E-state index contributed by atoms with van der Waals surface area (Å²) >= 11 is 0. The quantitative estimate of drug-likeness (QED) is 0.725. The summed E-state index contributed by atoms with van der Waals surface area (Å²) in [6.07, 6.45) is 1.69. The van der Waals surface area contributed by atoms with Gasteiger partial charge in [0, 0.05) is 0 Å². The zero-order valence-corrected chi connectivity index (χ0v) is 7.55. The number of nitrogens with one attached hydrogen (secondary N) is 1. The number of rotatable bonds is 3. The van der Waals surface area contributed by atoms with E-state index >= 15 is 0 Å². The molecular formula is C9H17NO. The molecule has 0 aliphatic carbocycles. The Bertz CT molecular complexity index is 147. The summed E-state index contributed by atoms with van der Waals surface area (Å²) in [5.74, 6) is 0.997. The van der Waals surface area contributed by atoms with Crippen LogP contribution in [0.3, 0.4) is 0 Å². The minimum absolute atomic E-state index is 0.837. The van der Waals surface area contributed by atoms with Crippen LogP contribution in [0.2, 0.25) is 0 Å². The van der Waals surface area contributed by atoms with Gasteiger partial charge in [-0.1, -0.05) is 20.8 Å². The van der Waals surface area contributed by atoms with Gasteiger partial charge in [-0.15, -0.1) is 0 Å². The van der Waals surface area contributed by atoms with Crippen molar-refractivity contribution < 1.29 is 4.42 Å². The maximum atomic E-state index is 5.07. The molecule has 1 aromatic heterocycles.